The van der Waals surface area contributed by atoms with Crippen molar-refractivity contribution < 1.29 is 4.74 Å². The summed E-state index contributed by atoms with van der Waals surface area (Å²) < 4.78 is 7.87. The second-order valence-corrected chi connectivity index (χ2v) is 7.77. The average Bonchev–Trinajstić information content (AvgIpc) is 3.13. The van der Waals surface area contributed by atoms with Crippen molar-refractivity contribution in [3.63, 3.8) is 0 Å². The summed E-state index contributed by atoms with van der Waals surface area (Å²) in [6.07, 6.45) is 6.12. The highest BCUT2D eigenvalue weighted by Gasteiger charge is 2.16. The van der Waals surface area contributed by atoms with Crippen LogP contribution in [-0.2, 0) is 0 Å². The molecule has 4 aromatic rings. The van der Waals surface area contributed by atoms with E-state index < -0.39 is 0 Å². The van der Waals surface area contributed by atoms with E-state index in [4.69, 9.17) is 4.74 Å². The fourth-order valence-corrected chi connectivity index (χ4v) is 3.95. The van der Waals surface area contributed by atoms with Crippen LogP contribution in [0.5, 0.6) is 5.75 Å². The van der Waals surface area contributed by atoms with Gasteiger partial charge in [0, 0.05) is 58.8 Å². The number of methoxy groups -OCH3 is 1. The quantitative estimate of drug-likeness (QED) is 0.439. The Bertz CT molecular complexity index is 1120. The van der Waals surface area contributed by atoms with E-state index in [0.717, 1.165) is 23.4 Å². The number of hydrogen-bond donors (Lipinski definition) is 0. The molecule has 0 aliphatic carbocycles. The van der Waals surface area contributed by atoms with Crippen molar-refractivity contribution in [3.8, 4) is 28.0 Å². The first-order chi connectivity index (χ1) is 14.1. The van der Waals surface area contributed by atoms with Gasteiger partial charge in [-0.2, -0.15) is 0 Å². The fraction of sp³-hybridized carbons (Fsp3) is 0.240. The van der Waals surface area contributed by atoms with E-state index in [1.807, 2.05) is 24.5 Å². The SMILES string of the molecule is COc1ccc2c(c1)c(-c1cncc(-c3ccccc3)c1)cn2C(C)CN(C)C. The Balaban J connectivity index is 1.87. The van der Waals surface area contributed by atoms with Gasteiger partial charge >= 0.3 is 0 Å². The third kappa shape index (κ3) is 3.89. The molecule has 0 N–H and O–H groups in total. The van der Waals surface area contributed by atoms with E-state index in [2.05, 4.69) is 84.1 Å². The van der Waals surface area contributed by atoms with Crippen LogP contribution >= 0.6 is 0 Å². The van der Waals surface area contributed by atoms with Crippen molar-refractivity contribution in [2.45, 2.75) is 13.0 Å². The second kappa shape index (κ2) is 8.10. The normalized spacial score (nSPS) is 12.4. The second-order valence-electron chi connectivity index (χ2n) is 7.77. The fourth-order valence-electron chi connectivity index (χ4n) is 3.95. The van der Waals surface area contributed by atoms with Gasteiger partial charge in [0.2, 0.25) is 0 Å². The number of pyridine rings is 1. The summed E-state index contributed by atoms with van der Waals surface area (Å²) in [5.74, 6) is 0.865. The number of likely N-dealkylation sites (N-methyl/N-ethyl adjacent to an activating group) is 1. The number of rotatable bonds is 6. The van der Waals surface area contributed by atoms with Gasteiger partial charge in [-0.1, -0.05) is 30.3 Å². The topological polar surface area (TPSA) is 30.3 Å². The molecule has 0 radical (unpaired) electrons. The Morgan fingerprint density at radius 3 is 2.45 bits per heavy atom. The lowest BCUT2D eigenvalue weighted by Gasteiger charge is -2.19. The lowest BCUT2D eigenvalue weighted by atomic mass is 10.0. The molecule has 29 heavy (non-hydrogen) atoms. The summed E-state index contributed by atoms with van der Waals surface area (Å²) in [6.45, 7) is 3.23. The minimum atomic E-state index is 0.347. The molecule has 0 spiro atoms. The van der Waals surface area contributed by atoms with E-state index >= 15 is 0 Å². The predicted molar refractivity (Wildman–Crippen MR) is 120 cm³/mol. The molecule has 2 aromatic heterocycles. The van der Waals surface area contributed by atoms with Crippen LogP contribution < -0.4 is 4.74 Å². The zero-order chi connectivity index (χ0) is 20.4. The van der Waals surface area contributed by atoms with Gasteiger partial charge in [0.15, 0.2) is 0 Å². The molecule has 4 nitrogen and oxygen atoms in total. The molecule has 0 fully saturated rings. The number of aromatic nitrogens is 2. The largest absolute Gasteiger partial charge is 0.497 e. The first-order valence-electron chi connectivity index (χ1n) is 9.91. The van der Waals surface area contributed by atoms with Gasteiger partial charge in [-0.25, -0.2) is 0 Å². The molecule has 0 saturated heterocycles. The Labute approximate surface area is 172 Å². The van der Waals surface area contributed by atoms with Gasteiger partial charge in [-0.3, -0.25) is 4.98 Å². The minimum Gasteiger partial charge on any atom is -0.497 e. The summed E-state index contributed by atoms with van der Waals surface area (Å²) >= 11 is 0. The molecule has 2 aromatic carbocycles. The Morgan fingerprint density at radius 1 is 0.966 bits per heavy atom. The molecule has 4 heteroatoms. The van der Waals surface area contributed by atoms with Crippen molar-refractivity contribution in [1.82, 2.24) is 14.5 Å². The van der Waals surface area contributed by atoms with Crippen molar-refractivity contribution in [3.05, 3.63) is 73.2 Å². The highest BCUT2D eigenvalue weighted by atomic mass is 16.5. The maximum Gasteiger partial charge on any atom is 0.119 e. The molecule has 0 aliphatic rings. The van der Waals surface area contributed by atoms with E-state index in [1.165, 1.54) is 22.0 Å². The lowest BCUT2D eigenvalue weighted by molar-refractivity contribution is 0.341. The van der Waals surface area contributed by atoms with E-state index in [9.17, 15) is 0 Å². The molecule has 0 bridgehead atoms. The van der Waals surface area contributed by atoms with Crippen LogP contribution in [0.2, 0.25) is 0 Å². The van der Waals surface area contributed by atoms with E-state index in [0.29, 0.717) is 6.04 Å². The number of hydrogen-bond acceptors (Lipinski definition) is 3. The van der Waals surface area contributed by atoms with Crippen LogP contribution in [0.15, 0.2) is 73.2 Å². The van der Waals surface area contributed by atoms with Gasteiger partial charge in [0.05, 0.1) is 7.11 Å². The minimum absolute atomic E-state index is 0.347. The smallest absolute Gasteiger partial charge is 0.119 e. The summed E-state index contributed by atoms with van der Waals surface area (Å²) in [5, 5.41) is 1.18. The average molecular weight is 386 g/mol. The highest BCUT2D eigenvalue weighted by molar-refractivity contribution is 5.97. The van der Waals surface area contributed by atoms with E-state index in [1.54, 1.807) is 7.11 Å². The Morgan fingerprint density at radius 2 is 1.72 bits per heavy atom. The molecule has 148 valence electrons. The molecule has 4 rings (SSSR count). The molecule has 1 unspecified atom stereocenters. The lowest BCUT2D eigenvalue weighted by Crippen LogP contribution is -2.21. The Hall–Kier alpha value is -3.11. The van der Waals surface area contributed by atoms with Crippen LogP contribution in [0, 0.1) is 0 Å². The summed E-state index contributed by atoms with van der Waals surface area (Å²) in [5.41, 5.74) is 5.79. The zero-order valence-corrected chi connectivity index (χ0v) is 17.5. The Kier molecular flexibility index (Phi) is 5.36. The van der Waals surface area contributed by atoms with Crippen molar-refractivity contribution in [1.29, 1.82) is 0 Å². The van der Waals surface area contributed by atoms with E-state index in [-0.39, 0.29) is 0 Å². The number of nitrogens with zero attached hydrogens (tertiary/aromatic N) is 3. The number of benzene rings is 2. The number of fused-ring (bicyclic) bond motifs is 1. The third-order valence-corrected chi connectivity index (χ3v) is 5.30. The van der Waals surface area contributed by atoms with Crippen molar-refractivity contribution in [2.75, 3.05) is 27.7 Å². The van der Waals surface area contributed by atoms with Gasteiger partial charge in [-0.05, 0) is 50.8 Å². The van der Waals surface area contributed by atoms with Crippen molar-refractivity contribution >= 4 is 10.9 Å². The number of ether oxygens (including phenoxy) is 1. The summed E-state index contributed by atoms with van der Waals surface area (Å²) in [4.78, 5) is 6.76. The van der Waals surface area contributed by atoms with Crippen LogP contribution in [0.1, 0.15) is 13.0 Å². The first kappa shape index (κ1) is 19.2. The molecule has 0 aliphatic heterocycles. The van der Waals surface area contributed by atoms with Gasteiger partial charge in [0.25, 0.3) is 0 Å². The van der Waals surface area contributed by atoms with Gasteiger partial charge in [-0.15, -0.1) is 0 Å². The summed E-state index contributed by atoms with van der Waals surface area (Å²) in [7, 11) is 5.93. The maximum absolute atomic E-state index is 5.51. The molecule has 0 saturated carbocycles. The molecular weight excluding hydrogens is 358 g/mol. The molecule has 1 atom stereocenters. The van der Waals surface area contributed by atoms with Gasteiger partial charge in [0.1, 0.15) is 5.75 Å². The van der Waals surface area contributed by atoms with Crippen LogP contribution in [0.3, 0.4) is 0 Å². The predicted octanol–water partition coefficient (Wildman–Crippen LogP) is 5.50. The summed E-state index contributed by atoms with van der Waals surface area (Å²) in [6, 6.07) is 19.3. The highest BCUT2D eigenvalue weighted by Crippen LogP contribution is 2.36. The van der Waals surface area contributed by atoms with Gasteiger partial charge < -0.3 is 14.2 Å². The first-order valence-corrected chi connectivity index (χ1v) is 9.91. The van der Waals surface area contributed by atoms with Crippen LogP contribution in [0.4, 0.5) is 0 Å². The maximum atomic E-state index is 5.51. The molecule has 2 heterocycles. The zero-order valence-electron chi connectivity index (χ0n) is 17.5. The van der Waals surface area contributed by atoms with Crippen LogP contribution in [-0.4, -0.2) is 42.2 Å². The monoisotopic (exact) mass is 385 g/mol. The van der Waals surface area contributed by atoms with Crippen LogP contribution in [0.25, 0.3) is 33.2 Å². The van der Waals surface area contributed by atoms with Crippen molar-refractivity contribution in [2.24, 2.45) is 0 Å². The molecular formula is C25H27N3O. The standard InChI is InChI=1S/C25H27N3O/c1-18(16-27(2)3)28-17-24(23-13-22(29-4)10-11-25(23)28)21-12-20(14-26-15-21)19-8-6-5-7-9-19/h5-15,17-18H,16H2,1-4H3. The molecule has 0 amide bonds. The third-order valence-electron chi connectivity index (χ3n) is 5.30.